The molecule has 6 aromatic heterocycles. The molecule has 0 N–H and O–H groups in total. The molecule has 120 heavy (non-hydrogen) atoms. The summed E-state index contributed by atoms with van der Waals surface area (Å²) in [5.41, 5.74) is 24.6. The molecule has 0 amide bonds. The fraction of sp³-hybridized carbons (Fsp3) is 0. The molecule has 22 aromatic rings. The third-order valence-corrected chi connectivity index (χ3v) is 24.3. The minimum atomic E-state index is 0.476. The molecule has 554 valence electrons. The zero-order valence-corrected chi connectivity index (χ0v) is 64.7. The largest absolute Gasteiger partial charge is 0.455 e. The van der Waals surface area contributed by atoms with Gasteiger partial charge in [-0.15, -0.1) is 11.3 Å². The molecule has 22 rings (SSSR count). The highest BCUT2D eigenvalue weighted by Gasteiger charge is 2.30. The summed E-state index contributed by atoms with van der Waals surface area (Å²) in [6.07, 6.45) is 0. The second-order valence-corrected chi connectivity index (χ2v) is 30.9. The van der Waals surface area contributed by atoms with E-state index < -0.39 is 0 Å². The highest BCUT2D eigenvalue weighted by Crippen LogP contribution is 2.52. The Morgan fingerprint density at radius 3 is 1.01 bits per heavy atom. The van der Waals surface area contributed by atoms with Crippen LogP contribution in [0.3, 0.4) is 0 Å². The van der Waals surface area contributed by atoms with Gasteiger partial charge in [-0.05, 0) is 120 Å². The van der Waals surface area contributed by atoms with E-state index in [1.165, 1.54) is 0 Å². The maximum absolute atomic E-state index is 11.1. The van der Waals surface area contributed by atoms with Crippen molar-refractivity contribution < 1.29 is 4.42 Å². The summed E-state index contributed by atoms with van der Waals surface area (Å²) < 4.78 is 14.2. The van der Waals surface area contributed by atoms with Crippen molar-refractivity contribution in [2.75, 3.05) is 0 Å². The first-order chi connectivity index (χ1) is 59.3. The fourth-order valence-electron chi connectivity index (χ4n) is 17.7. The lowest BCUT2D eigenvalue weighted by molar-refractivity contribution is 0.673. The van der Waals surface area contributed by atoms with Crippen molar-refractivity contribution in [1.82, 2.24) is 29.1 Å². The van der Waals surface area contributed by atoms with Crippen LogP contribution >= 0.6 is 11.3 Å². The molecule has 0 saturated carbocycles. The Labute approximate surface area is 692 Å². The molecule has 0 fully saturated rings. The number of benzene rings is 16. The van der Waals surface area contributed by atoms with Gasteiger partial charge in [0.15, 0.2) is 11.6 Å². The predicted molar refractivity (Wildman–Crippen MR) is 485 cm³/mol. The number of aromatic nitrogens is 6. The van der Waals surface area contributed by atoms with Crippen molar-refractivity contribution in [3.05, 3.63) is 386 Å². The molecule has 0 bridgehead atoms. The Balaban J connectivity index is 0.714. The van der Waals surface area contributed by atoms with Gasteiger partial charge < -0.3 is 13.6 Å². The van der Waals surface area contributed by atoms with Crippen LogP contribution in [0.4, 0.5) is 0 Å². The maximum Gasteiger partial charge on any atom is 0.160 e. The monoisotopic (exact) mass is 1540 g/mol. The molecule has 0 aliphatic carbocycles. The number of fused-ring (bicyclic) bond motifs is 14. The summed E-state index contributed by atoms with van der Waals surface area (Å²) in [6.45, 7) is 0. The number of furan rings is 1. The molecular formula is C108H60N10OS. The van der Waals surface area contributed by atoms with Crippen molar-refractivity contribution in [1.29, 1.82) is 21.0 Å². The number of nitrogens with zero attached hydrogens (tertiary/aromatic N) is 10. The molecule has 0 unspecified atom stereocenters. The molecule has 0 aliphatic rings. The van der Waals surface area contributed by atoms with E-state index in [0.29, 0.717) is 56.2 Å². The fourth-order valence-corrected chi connectivity index (χ4v) is 19.0. The van der Waals surface area contributed by atoms with Crippen LogP contribution in [0.5, 0.6) is 0 Å². The van der Waals surface area contributed by atoms with Crippen LogP contribution in [0.25, 0.3) is 221 Å². The number of para-hydroxylation sites is 2. The van der Waals surface area contributed by atoms with Gasteiger partial charge >= 0.3 is 0 Å². The van der Waals surface area contributed by atoms with E-state index in [2.05, 4.69) is 215 Å². The van der Waals surface area contributed by atoms with Gasteiger partial charge in [-0.1, -0.05) is 255 Å². The van der Waals surface area contributed by atoms with Crippen molar-refractivity contribution in [2.24, 2.45) is 0 Å². The lowest BCUT2D eigenvalue weighted by Gasteiger charge is -2.22. The second kappa shape index (κ2) is 28.7. The molecule has 0 aliphatic heterocycles. The van der Waals surface area contributed by atoms with Crippen LogP contribution in [-0.4, -0.2) is 29.1 Å². The first-order valence-corrected chi connectivity index (χ1v) is 40.3. The Bertz CT molecular complexity index is 7460. The SMILES string of the molecule is N#Cc1ccccc1-c1cc(-c2nc(-c3ccccc3)cc(-c3ccccc3)n2)cc(-c2ccccc2C#N)c1-n1c2ccccc2c2c3oc4cc(-c5ccc6c(c5)sc5c6ccc6c5c5ccccc5n6-c5c(-c6ccccc6C#N)cc(-c6nc(-c7ccccc7)cc(-c7ccccc7)n6)cc5-c5ccccc5C#N)ccc4c3ccc21. The summed E-state index contributed by atoms with van der Waals surface area (Å²) in [4.78, 5) is 21.4. The molecule has 12 heteroatoms. The first kappa shape index (κ1) is 69.9. The summed E-state index contributed by atoms with van der Waals surface area (Å²) in [6, 6.07) is 133. The zero-order chi connectivity index (χ0) is 80.1. The zero-order valence-electron chi connectivity index (χ0n) is 63.9. The van der Waals surface area contributed by atoms with E-state index in [4.69, 9.17) is 24.4 Å². The quantitative estimate of drug-likeness (QED) is 0.109. The lowest BCUT2D eigenvalue weighted by atomic mass is 9.89. The van der Waals surface area contributed by atoms with Gasteiger partial charge in [0.05, 0.1) is 108 Å². The highest BCUT2D eigenvalue weighted by molar-refractivity contribution is 7.26. The van der Waals surface area contributed by atoms with Gasteiger partial charge in [0, 0.05) is 125 Å². The van der Waals surface area contributed by atoms with Gasteiger partial charge in [0.1, 0.15) is 11.2 Å². The van der Waals surface area contributed by atoms with Crippen LogP contribution in [-0.2, 0) is 0 Å². The van der Waals surface area contributed by atoms with Crippen molar-refractivity contribution in [3.63, 3.8) is 0 Å². The second-order valence-electron chi connectivity index (χ2n) is 29.9. The Hall–Kier alpha value is -16.7. The van der Waals surface area contributed by atoms with Crippen molar-refractivity contribution in [3.8, 4) is 159 Å². The van der Waals surface area contributed by atoms with Crippen molar-refractivity contribution >= 4 is 97.1 Å². The molecule has 16 aromatic carbocycles. The Morgan fingerprint density at radius 2 is 0.592 bits per heavy atom. The lowest BCUT2D eigenvalue weighted by Crippen LogP contribution is -2.04. The third kappa shape index (κ3) is 11.5. The molecule has 0 radical (unpaired) electrons. The summed E-state index contributed by atoms with van der Waals surface area (Å²) >= 11 is 1.77. The average molecular weight is 1550 g/mol. The van der Waals surface area contributed by atoms with Crippen LogP contribution in [0.1, 0.15) is 22.3 Å². The van der Waals surface area contributed by atoms with E-state index in [1.807, 2.05) is 182 Å². The normalized spacial score (nSPS) is 11.5. The third-order valence-electron chi connectivity index (χ3n) is 23.1. The van der Waals surface area contributed by atoms with E-state index in [9.17, 15) is 21.0 Å². The number of hydrogen-bond acceptors (Lipinski definition) is 10. The number of thiophene rings is 1. The minimum Gasteiger partial charge on any atom is -0.455 e. The molecule has 0 spiro atoms. The summed E-state index contributed by atoms with van der Waals surface area (Å²) in [5, 5.41) is 52.6. The van der Waals surface area contributed by atoms with Gasteiger partial charge in [-0.25, -0.2) is 19.9 Å². The van der Waals surface area contributed by atoms with E-state index in [-0.39, 0.29) is 0 Å². The number of hydrogen-bond donors (Lipinski definition) is 0. The van der Waals surface area contributed by atoms with Crippen LogP contribution in [0.15, 0.2) is 368 Å². The van der Waals surface area contributed by atoms with E-state index in [0.717, 1.165) is 187 Å². The maximum atomic E-state index is 11.1. The van der Waals surface area contributed by atoms with Gasteiger partial charge in [0.25, 0.3) is 0 Å². The van der Waals surface area contributed by atoms with Gasteiger partial charge in [-0.3, -0.25) is 0 Å². The van der Waals surface area contributed by atoms with Crippen LogP contribution < -0.4 is 0 Å². The molecule has 0 saturated heterocycles. The minimum absolute atomic E-state index is 0.476. The molecular weight excluding hydrogens is 1490 g/mol. The van der Waals surface area contributed by atoms with Crippen LogP contribution in [0.2, 0.25) is 0 Å². The van der Waals surface area contributed by atoms with Gasteiger partial charge in [0.2, 0.25) is 0 Å². The predicted octanol–water partition coefficient (Wildman–Crippen LogP) is 27.6. The summed E-state index contributed by atoms with van der Waals surface area (Å²) in [5.74, 6) is 0.967. The van der Waals surface area contributed by atoms with Gasteiger partial charge in [-0.2, -0.15) is 21.0 Å². The number of nitriles is 4. The van der Waals surface area contributed by atoms with E-state index >= 15 is 0 Å². The average Bonchev–Trinajstić information content (AvgIpc) is 1.55. The smallest absolute Gasteiger partial charge is 0.160 e. The standard InChI is InChI=1S/C108H60N10OS/c109-61-71-33-13-17-37-77(71)87-53-75(107-113-91(65-25-5-1-6-26-65)59-92(114-107)66-27-7-2-8-28-66)54-88(78-38-18-14-34-72(78)62-110)103(87)117-95-43-23-21-41-85(95)101-97(117)51-49-83-81-47-45-69(57-99(81)119-105(83)101)70-46-48-82-84-50-52-98-102(106(84)120-100(82)58-70)86-42-22-24-44-96(86)118(98)104-89(79-39-19-15-35-73(79)63-111)55-76(56-90(104)80-40-20-16-36-74(80)64-112)108-115-93(67-29-9-3-10-30-67)60-94(116-108)68-31-11-4-12-32-68/h1-60H. The molecule has 6 heterocycles. The van der Waals surface area contributed by atoms with E-state index in [1.54, 1.807) is 11.3 Å². The first-order valence-electron chi connectivity index (χ1n) is 39.5. The topological polar surface area (TPSA) is 170 Å². The highest BCUT2D eigenvalue weighted by atomic mass is 32.1. The molecule has 11 nitrogen and oxygen atoms in total. The number of rotatable bonds is 13. The van der Waals surface area contributed by atoms with Crippen molar-refractivity contribution in [2.45, 2.75) is 0 Å². The van der Waals surface area contributed by atoms with Crippen LogP contribution in [0, 0.1) is 45.3 Å². The Morgan fingerprint density at radius 1 is 0.250 bits per heavy atom. The molecule has 0 atom stereocenters. The Kier molecular flexibility index (Phi) is 16.7. The summed E-state index contributed by atoms with van der Waals surface area (Å²) in [7, 11) is 0.